The molecular weight excluding hydrogens is 314 g/mol. The Hall–Kier alpha value is -2.17. The van der Waals surface area contributed by atoms with Gasteiger partial charge in [0.2, 0.25) is 5.91 Å². The number of hydrazone groups is 1. The number of rotatable bonds is 10. The molecule has 0 unspecified atom stereocenters. The summed E-state index contributed by atoms with van der Waals surface area (Å²) in [6.45, 7) is 8.27. The lowest BCUT2D eigenvalue weighted by Crippen LogP contribution is -2.29. The number of hydrogen-bond acceptors (Lipinski definition) is 3. The van der Waals surface area contributed by atoms with Crippen LogP contribution in [-0.4, -0.2) is 24.1 Å². The predicted molar refractivity (Wildman–Crippen MR) is 103 cm³/mol. The minimum atomic E-state index is -0.0933. The van der Waals surface area contributed by atoms with Crippen LogP contribution >= 0.6 is 0 Å². The third-order valence-electron chi connectivity index (χ3n) is 3.68. The molecule has 0 radical (unpaired) electrons. The Morgan fingerprint density at radius 1 is 1.04 bits per heavy atom. The summed E-state index contributed by atoms with van der Waals surface area (Å²) < 4.78 is 0. The first kappa shape index (κ1) is 20.9. The standard InChI is InChI=1S/C20H31N3O2/c1-15(2)8-6-5-7-9-19(24)23-21-14-17-10-12-18(13-11-17)20(25)22-16(3)4/h10-16H,5-9H2,1-4H3,(H,22,25)(H,23,24)/b21-14+. The van der Waals surface area contributed by atoms with Crippen LogP contribution < -0.4 is 10.7 Å². The van der Waals surface area contributed by atoms with Crippen molar-refractivity contribution in [2.24, 2.45) is 11.0 Å². The summed E-state index contributed by atoms with van der Waals surface area (Å²) in [5, 5.41) is 6.81. The molecule has 0 saturated carbocycles. The highest BCUT2D eigenvalue weighted by atomic mass is 16.2. The topological polar surface area (TPSA) is 70.6 Å². The highest BCUT2D eigenvalue weighted by Crippen LogP contribution is 2.09. The molecule has 0 spiro atoms. The summed E-state index contributed by atoms with van der Waals surface area (Å²) in [5.41, 5.74) is 3.98. The SMILES string of the molecule is CC(C)CCCCCC(=O)N/N=C/c1ccc(C(=O)NC(C)C)cc1. The van der Waals surface area contributed by atoms with E-state index in [1.165, 1.54) is 12.8 Å². The molecule has 1 aromatic rings. The molecule has 1 aromatic carbocycles. The highest BCUT2D eigenvalue weighted by Gasteiger charge is 2.06. The van der Waals surface area contributed by atoms with Gasteiger partial charge in [0.15, 0.2) is 0 Å². The van der Waals surface area contributed by atoms with Gasteiger partial charge in [0, 0.05) is 18.0 Å². The summed E-state index contributed by atoms with van der Waals surface area (Å²) in [4.78, 5) is 23.6. The number of nitrogens with zero attached hydrogens (tertiary/aromatic N) is 1. The summed E-state index contributed by atoms with van der Waals surface area (Å²) in [6, 6.07) is 7.20. The molecule has 5 nitrogen and oxygen atoms in total. The molecule has 0 aliphatic carbocycles. The number of carbonyl (C=O) groups excluding carboxylic acids is 2. The van der Waals surface area contributed by atoms with Gasteiger partial charge in [-0.05, 0) is 43.9 Å². The monoisotopic (exact) mass is 345 g/mol. The Labute approximate surface area is 151 Å². The van der Waals surface area contributed by atoms with Gasteiger partial charge >= 0.3 is 0 Å². The lowest BCUT2D eigenvalue weighted by molar-refractivity contribution is -0.121. The maximum Gasteiger partial charge on any atom is 0.251 e. The second-order valence-corrected chi connectivity index (χ2v) is 7.04. The van der Waals surface area contributed by atoms with Gasteiger partial charge < -0.3 is 5.32 Å². The molecule has 0 saturated heterocycles. The van der Waals surface area contributed by atoms with Gasteiger partial charge in [-0.1, -0.05) is 45.2 Å². The summed E-state index contributed by atoms with van der Waals surface area (Å²) in [5.74, 6) is 0.569. The normalized spacial score (nSPS) is 11.3. The Balaban J connectivity index is 2.31. The Morgan fingerprint density at radius 3 is 2.32 bits per heavy atom. The van der Waals surface area contributed by atoms with E-state index in [1.807, 2.05) is 13.8 Å². The first-order valence-corrected chi connectivity index (χ1v) is 9.11. The molecule has 0 bridgehead atoms. The molecule has 0 aliphatic heterocycles. The van der Waals surface area contributed by atoms with Crippen molar-refractivity contribution in [1.82, 2.24) is 10.7 Å². The van der Waals surface area contributed by atoms with Crippen molar-refractivity contribution >= 4 is 18.0 Å². The molecule has 138 valence electrons. The van der Waals surface area contributed by atoms with Gasteiger partial charge in [-0.3, -0.25) is 9.59 Å². The fourth-order valence-electron chi connectivity index (χ4n) is 2.32. The highest BCUT2D eigenvalue weighted by molar-refractivity contribution is 5.95. The zero-order chi connectivity index (χ0) is 18.7. The van der Waals surface area contributed by atoms with Gasteiger partial charge in [0.1, 0.15) is 0 Å². The summed E-state index contributed by atoms with van der Waals surface area (Å²) in [7, 11) is 0. The summed E-state index contributed by atoms with van der Waals surface area (Å²) >= 11 is 0. The third kappa shape index (κ3) is 9.65. The van der Waals surface area contributed by atoms with Crippen LogP contribution in [0.25, 0.3) is 0 Å². The minimum Gasteiger partial charge on any atom is -0.350 e. The van der Waals surface area contributed by atoms with E-state index >= 15 is 0 Å². The van der Waals surface area contributed by atoms with Crippen molar-refractivity contribution < 1.29 is 9.59 Å². The molecule has 2 amide bonds. The van der Waals surface area contributed by atoms with E-state index in [4.69, 9.17) is 0 Å². The zero-order valence-electron chi connectivity index (χ0n) is 15.8. The average Bonchev–Trinajstić information content (AvgIpc) is 2.54. The Kier molecular flexibility index (Phi) is 9.51. The number of carbonyl (C=O) groups is 2. The van der Waals surface area contributed by atoms with Gasteiger partial charge in [-0.25, -0.2) is 5.43 Å². The number of nitrogens with one attached hydrogen (secondary N) is 2. The molecule has 0 aromatic heterocycles. The molecule has 25 heavy (non-hydrogen) atoms. The van der Waals surface area contributed by atoms with Crippen LogP contribution in [0.1, 0.15) is 75.7 Å². The first-order valence-electron chi connectivity index (χ1n) is 9.11. The quantitative estimate of drug-likeness (QED) is 0.384. The molecule has 0 fully saturated rings. The molecular formula is C20H31N3O2. The minimum absolute atomic E-state index is 0.0614. The van der Waals surface area contributed by atoms with Crippen molar-refractivity contribution in [3.8, 4) is 0 Å². The van der Waals surface area contributed by atoms with Crippen LogP contribution in [0.3, 0.4) is 0 Å². The predicted octanol–water partition coefficient (Wildman–Crippen LogP) is 3.88. The maximum absolute atomic E-state index is 11.9. The third-order valence-corrected chi connectivity index (χ3v) is 3.68. The fourth-order valence-corrected chi connectivity index (χ4v) is 2.32. The fraction of sp³-hybridized carbons (Fsp3) is 0.550. The maximum atomic E-state index is 11.9. The molecule has 0 atom stereocenters. The number of hydrogen-bond donors (Lipinski definition) is 2. The van der Waals surface area contributed by atoms with E-state index in [-0.39, 0.29) is 17.9 Å². The van der Waals surface area contributed by atoms with Crippen molar-refractivity contribution in [2.45, 2.75) is 65.8 Å². The van der Waals surface area contributed by atoms with Gasteiger partial charge in [0.05, 0.1) is 6.21 Å². The van der Waals surface area contributed by atoms with Crippen LogP contribution in [0.4, 0.5) is 0 Å². The van der Waals surface area contributed by atoms with Crippen LogP contribution in [0, 0.1) is 5.92 Å². The zero-order valence-corrected chi connectivity index (χ0v) is 15.8. The van der Waals surface area contributed by atoms with E-state index < -0.39 is 0 Å². The lowest BCUT2D eigenvalue weighted by atomic mass is 10.0. The molecule has 0 aliphatic rings. The Morgan fingerprint density at radius 2 is 1.72 bits per heavy atom. The van der Waals surface area contributed by atoms with E-state index in [2.05, 4.69) is 29.7 Å². The number of benzene rings is 1. The summed E-state index contributed by atoms with van der Waals surface area (Å²) in [6.07, 6.45) is 6.45. The smallest absolute Gasteiger partial charge is 0.251 e. The molecule has 0 heterocycles. The van der Waals surface area contributed by atoms with Crippen LogP contribution in [0.15, 0.2) is 29.4 Å². The van der Waals surface area contributed by atoms with E-state index in [9.17, 15) is 9.59 Å². The first-order chi connectivity index (χ1) is 11.9. The van der Waals surface area contributed by atoms with Crippen LogP contribution in [-0.2, 0) is 4.79 Å². The van der Waals surface area contributed by atoms with Crippen molar-refractivity contribution in [3.05, 3.63) is 35.4 Å². The van der Waals surface area contributed by atoms with E-state index in [0.717, 1.165) is 24.3 Å². The van der Waals surface area contributed by atoms with Gasteiger partial charge in [-0.15, -0.1) is 0 Å². The van der Waals surface area contributed by atoms with Crippen molar-refractivity contribution in [1.29, 1.82) is 0 Å². The van der Waals surface area contributed by atoms with Crippen LogP contribution in [0.2, 0.25) is 0 Å². The largest absolute Gasteiger partial charge is 0.350 e. The van der Waals surface area contributed by atoms with E-state index in [1.54, 1.807) is 30.5 Å². The second kappa shape index (κ2) is 11.4. The van der Waals surface area contributed by atoms with Gasteiger partial charge in [-0.2, -0.15) is 5.10 Å². The molecule has 1 rings (SSSR count). The number of amides is 2. The molecule has 5 heteroatoms. The van der Waals surface area contributed by atoms with Crippen molar-refractivity contribution in [2.75, 3.05) is 0 Å². The van der Waals surface area contributed by atoms with Crippen LogP contribution in [0.5, 0.6) is 0 Å². The average molecular weight is 345 g/mol. The Bertz CT molecular complexity index is 563. The second-order valence-electron chi connectivity index (χ2n) is 7.04. The van der Waals surface area contributed by atoms with Gasteiger partial charge in [0.25, 0.3) is 5.91 Å². The van der Waals surface area contributed by atoms with E-state index in [0.29, 0.717) is 12.0 Å². The lowest BCUT2D eigenvalue weighted by Gasteiger charge is -2.08. The molecule has 2 N–H and O–H groups in total. The van der Waals surface area contributed by atoms with Crippen molar-refractivity contribution in [3.63, 3.8) is 0 Å². The number of unbranched alkanes of at least 4 members (excludes halogenated alkanes) is 2.